The summed E-state index contributed by atoms with van der Waals surface area (Å²) in [5, 5.41) is 3.39. The Balaban J connectivity index is 2.24. The standard InChI is InChI=1S/C18H22BrNO/c1-4-9-21-17-7-5-14(6-8-17)18(20-3)15-10-13(2)11-16(19)12-15/h5-8,10-12,18,20H,4,9H2,1-3H3. The zero-order chi connectivity index (χ0) is 15.2. The topological polar surface area (TPSA) is 21.3 Å². The summed E-state index contributed by atoms with van der Waals surface area (Å²) in [7, 11) is 1.99. The number of ether oxygens (including phenoxy) is 1. The van der Waals surface area contributed by atoms with Crippen LogP contribution in [-0.2, 0) is 0 Å². The lowest BCUT2D eigenvalue weighted by Gasteiger charge is -2.18. The van der Waals surface area contributed by atoms with E-state index in [2.05, 4.69) is 65.4 Å². The zero-order valence-corrected chi connectivity index (χ0v) is 14.4. The summed E-state index contributed by atoms with van der Waals surface area (Å²) in [5.74, 6) is 0.931. The number of nitrogens with one attached hydrogen (secondary N) is 1. The molecule has 1 N–H and O–H groups in total. The van der Waals surface area contributed by atoms with Gasteiger partial charge in [-0.25, -0.2) is 0 Å². The molecule has 2 aromatic rings. The second-order valence-electron chi connectivity index (χ2n) is 5.20. The molecule has 1 unspecified atom stereocenters. The van der Waals surface area contributed by atoms with Gasteiger partial charge in [0.15, 0.2) is 0 Å². The SMILES string of the molecule is CCCOc1ccc(C(NC)c2cc(C)cc(Br)c2)cc1. The molecule has 0 saturated carbocycles. The van der Waals surface area contributed by atoms with Gasteiger partial charge in [0.25, 0.3) is 0 Å². The van der Waals surface area contributed by atoms with Gasteiger partial charge in [0.05, 0.1) is 12.6 Å². The van der Waals surface area contributed by atoms with Crippen LogP contribution in [0.2, 0.25) is 0 Å². The van der Waals surface area contributed by atoms with E-state index in [9.17, 15) is 0 Å². The van der Waals surface area contributed by atoms with E-state index in [0.29, 0.717) is 0 Å². The van der Waals surface area contributed by atoms with Gasteiger partial charge in [-0.15, -0.1) is 0 Å². The molecule has 0 heterocycles. The lowest BCUT2D eigenvalue weighted by Crippen LogP contribution is -2.17. The van der Waals surface area contributed by atoms with Crippen molar-refractivity contribution in [1.82, 2.24) is 5.32 Å². The minimum absolute atomic E-state index is 0.182. The van der Waals surface area contributed by atoms with Crippen molar-refractivity contribution in [3.63, 3.8) is 0 Å². The van der Waals surface area contributed by atoms with Crippen molar-refractivity contribution >= 4 is 15.9 Å². The third-order valence-electron chi connectivity index (χ3n) is 3.37. The quantitative estimate of drug-likeness (QED) is 0.805. The first kappa shape index (κ1) is 16.1. The van der Waals surface area contributed by atoms with Crippen LogP contribution < -0.4 is 10.1 Å². The predicted molar refractivity (Wildman–Crippen MR) is 92.0 cm³/mol. The molecule has 3 heteroatoms. The fourth-order valence-corrected chi connectivity index (χ4v) is 3.06. The van der Waals surface area contributed by atoms with Gasteiger partial charge in [-0.05, 0) is 61.3 Å². The highest BCUT2D eigenvalue weighted by molar-refractivity contribution is 9.10. The molecule has 2 rings (SSSR count). The van der Waals surface area contributed by atoms with E-state index >= 15 is 0 Å². The number of benzene rings is 2. The van der Waals surface area contributed by atoms with E-state index in [0.717, 1.165) is 23.2 Å². The average Bonchev–Trinajstić information content (AvgIpc) is 2.46. The van der Waals surface area contributed by atoms with Gasteiger partial charge in [0, 0.05) is 4.47 Å². The zero-order valence-electron chi connectivity index (χ0n) is 12.8. The number of aryl methyl sites for hydroxylation is 1. The van der Waals surface area contributed by atoms with Gasteiger partial charge >= 0.3 is 0 Å². The van der Waals surface area contributed by atoms with Crippen LogP contribution in [0.4, 0.5) is 0 Å². The first-order chi connectivity index (χ1) is 10.1. The molecule has 112 valence electrons. The Morgan fingerprint density at radius 2 is 1.81 bits per heavy atom. The van der Waals surface area contributed by atoms with Crippen molar-refractivity contribution in [3.8, 4) is 5.75 Å². The van der Waals surface area contributed by atoms with Crippen molar-refractivity contribution in [1.29, 1.82) is 0 Å². The second-order valence-corrected chi connectivity index (χ2v) is 6.12. The number of hydrogen-bond acceptors (Lipinski definition) is 2. The maximum Gasteiger partial charge on any atom is 0.119 e. The number of rotatable bonds is 6. The summed E-state index contributed by atoms with van der Waals surface area (Å²) in [4.78, 5) is 0. The second kappa shape index (κ2) is 7.62. The van der Waals surface area contributed by atoms with Crippen LogP contribution in [0, 0.1) is 6.92 Å². The summed E-state index contributed by atoms with van der Waals surface area (Å²) in [6.07, 6.45) is 1.03. The molecule has 0 fully saturated rings. The summed E-state index contributed by atoms with van der Waals surface area (Å²) in [6.45, 7) is 4.99. The molecule has 0 aliphatic rings. The third kappa shape index (κ3) is 4.32. The van der Waals surface area contributed by atoms with Crippen LogP contribution in [0.15, 0.2) is 46.9 Å². The maximum absolute atomic E-state index is 5.64. The highest BCUT2D eigenvalue weighted by atomic mass is 79.9. The Hall–Kier alpha value is -1.32. The van der Waals surface area contributed by atoms with Crippen molar-refractivity contribution in [2.45, 2.75) is 26.3 Å². The molecular weight excluding hydrogens is 326 g/mol. The molecule has 0 saturated heterocycles. The van der Waals surface area contributed by atoms with E-state index in [1.165, 1.54) is 16.7 Å². The van der Waals surface area contributed by atoms with Gasteiger partial charge in [0.1, 0.15) is 5.75 Å². The molecule has 1 atom stereocenters. The Bertz CT molecular complexity index is 560. The lowest BCUT2D eigenvalue weighted by molar-refractivity contribution is 0.317. The monoisotopic (exact) mass is 347 g/mol. The van der Waals surface area contributed by atoms with E-state index < -0.39 is 0 Å². The van der Waals surface area contributed by atoms with Gasteiger partial charge in [0.2, 0.25) is 0 Å². The van der Waals surface area contributed by atoms with Crippen molar-refractivity contribution < 1.29 is 4.74 Å². The van der Waals surface area contributed by atoms with E-state index in [-0.39, 0.29) is 6.04 Å². The first-order valence-corrected chi connectivity index (χ1v) is 8.10. The van der Waals surface area contributed by atoms with Crippen LogP contribution in [-0.4, -0.2) is 13.7 Å². The Kier molecular flexibility index (Phi) is 5.83. The normalized spacial score (nSPS) is 12.2. The molecule has 2 aromatic carbocycles. The first-order valence-electron chi connectivity index (χ1n) is 7.31. The van der Waals surface area contributed by atoms with Crippen molar-refractivity contribution in [2.75, 3.05) is 13.7 Å². The third-order valence-corrected chi connectivity index (χ3v) is 3.83. The molecule has 0 aliphatic carbocycles. The predicted octanol–water partition coefficient (Wildman–Crippen LogP) is 4.86. The van der Waals surface area contributed by atoms with Crippen LogP contribution in [0.5, 0.6) is 5.75 Å². The van der Waals surface area contributed by atoms with Crippen molar-refractivity contribution in [3.05, 3.63) is 63.6 Å². The smallest absolute Gasteiger partial charge is 0.119 e. The fourth-order valence-electron chi connectivity index (χ4n) is 2.43. The fraction of sp³-hybridized carbons (Fsp3) is 0.333. The van der Waals surface area contributed by atoms with Crippen LogP contribution in [0.3, 0.4) is 0 Å². The molecule has 0 spiro atoms. The minimum atomic E-state index is 0.182. The van der Waals surface area contributed by atoms with Gasteiger partial charge in [-0.2, -0.15) is 0 Å². The minimum Gasteiger partial charge on any atom is -0.494 e. The molecule has 0 bridgehead atoms. The van der Waals surface area contributed by atoms with E-state index in [4.69, 9.17) is 4.74 Å². The maximum atomic E-state index is 5.64. The Morgan fingerprint density at radius 1 is 1.10 bits per heavy atom. The molecule has 0 aliphatic heterocycles. The van der Waals surface area contributed by atoms with E-state index in [1.807, 2.05) is 19.2 Å². The van der Waals surface area contributed by atoms with Gasteiger partial charge < -0.3 is 10.1 Å². The number of hydrogen-bond donors (Lipinski definition) is 1. The average molecular weight is 348 g/mol. The van der Waals surface area contributed by atoms with Crippen LogP contribution in [0.1, 0.15) is 36.1 Å². The molecule has 0 amide bonds. The summed E-state index contributed by atoms with van der Waals surface area (Å²) >= 11 is 3.58. The highest BCUT2D eigenvalue weighted by Gasteiger charge is 2.13. The number of halogens is 1. The van der Waals surface area contributed by atoms with Crippen LogP contribution in [0.25, 0.3) is 0 Å². The largest absolute Gasteiger partial charge is 0.494 e. The molecule has 21 heavy (non-hydrogen) atoms. The van der Waals surface area contributed by atoms with Gasteiger partial charge in [-0.1, -0.05) is 41.1 Å². The summed E-state index contributed by atoms with van der Waals surface area (Å²) < 4.78 is 6.75. The molecule has 2 nitrogen and oxygen atoms in total. The summed E-state index contributed by atoms with van der Waals surface area (Å²) in [5.41, 5.74) is 3.74. The lowest BCUT2D eigenvalue weighted by atomic mass is 9.97. The Labute approximate surface area is 135 Å². The van der Waals surface area contributed by atoms with E-state index in [1.54, 1.807) is 0 Å². The molecular formula is C18H22BrNO. The molecule has 0 radical (unpaired) electrons. The summed E-state index contributed by atoms with van der Waals surface area (Å²) in [6, 6.07) is 15.0. The van der Waals surface area contributed by atoms with Crippen LogP contribution >= 0.6 is 15.9 Å². The molecule has 0 aromatic heterocycles. The highest BCUT2D eigenvalue weighted by Crippen LogP contribution is 2.27. The Morgan fingerprint density at radius 3 is 2.38 bits per heavy atom. The van der Waals surface area contributed by atoms with Gasteiger partial charge in [-0.3, -0.25) is 0 Å². The van der Waals surface area contributed by atoms with Crippen molar-refractivity contribution in [2.24, 2.45) is 0 Å².